The minimum absolute atomic E-state index is 0.166. The highest BCUT2D eigenvalue weighted by Crippen LogP contribution is 2.23. The van der Waals surface area contributed by atoms with Crippen LogP contribution in [-0.2, 0) is 20.9 Å². The van der Waals surface area contributed by atoms with Crippen LogP contribution in [0.5, 0.6) is 0 Å². The van der Waals surface area contributed by atoms with E-state index in [0.29, 0.717) is 15.6 Å². The molecule has 0 fully saturated rings. The van der Waals surface area contributed by atoms with Gasteiger partial charge < -0.3 is 20.5 Å². The number of benzene rings is 3. The topological polar surface area (TPSA) is 105 Å². The van der Waals surface area contributed by atoms with Gasteiger partial charge in [-0.05, 0) is 53.6 Å². The molecule has 3 N–H and O–H groups in total. The van der Waals surface area contributed by atoms with Crippen LogP contribution in [0.15, 0.2) is 78.5 Å². The molecule has 3 aromatic rings. The van der Waals surface area contributed by atoms with Gasteiger partial charge in [0.05, 0.1) is 23.3 Å². The Labute approximate surface area is 222 Å². The molecule has 0 spiro atoms. The Morgan fingerprint density at radius 1 is 0.917 bits per heavy atom. The highest BCUT2D eigenvalue weighted by atomic mass is 35.5. The van der Waals surface area contributed by atoms with E-state index >= 15 is 0 Å². The zero-order valence-electron chi connectivity index (χ0n) is 18.7. The molecule has 0 unspecified atom stereocenters. The van der Waals surface area contributed by atoms with E-state index < -0.39 is 23.8 Å². The number of amides is 2. The summed E-state index contributed by atoms with van der Waals surface area (Å²) in [7, 11) is 0. The Bertz CT molecular complexity index is 1260. The van der Waals surface area contributed by atoms with E-state index in [1.807, 2.05) is 30.3 Å². The molecule has 0 bridgehead atoms. The smallest absolute Gasteiger partial charge is 0.328 e. The van der Waals surface area contributed by atoms with E-state index in [-0.39, 0.29) is 29.5 Å². The average molecular weight is 548 g/mol. The molecule has 36 heavy (non-hydrogen) atoms. The number of rotatable bonds is 10. The van der Waals surface area contributed by atoms with Crippen LogP contribution in [0.2, 0.25) is 15.1 Å². The van der Waals surface area contributed by atoms with Gasteiger partial charge in [0, 0.05) is 10.6 Å². The summed E-state index contributed by atoms with van der Waals surface area (Å²) in [6.45, 7) is -0.124. The van der Waals surface area contributed by atoms with E-state index in [4.69, 9.17) is 39.5 Å². The fourth-order valence-electron chi connectivity index (χ4n) is 3.00. The minimum Gasteiger partial charge on any atom is -0.480 e. The van der Waals surface area contributed by atoms with Crippen LogP contribution in [-0.4, -0.2) is 35.5 Å². The van der Waals surface area contributed by atoms with Gasteiger partial charge in [0.1, 0.15) is 5.70 Å². The second kappa shape index (κ2) is 13.1. The summed E-state index contributed by atoms with van der Waals surface area (Å²) in [6.07, 6.45) is 1.36. The normalized spacial score (nSPS) is 12.0. The molecule has 0 aromatic heterocycles. The molecule has 0 saturated heterocycles. The van der Waals surface area contributed by atoms with E-state index in [1.54, 1.807) is 6.07 Å². The maximum Gasteiger partial charge on any atom is 0.328 e. The fourth-order valence-corrected chi connectivity index (χ4v) is 3.44. The maximum atomic E-state index is 13.1. The van der Waals surface area contributed by atoms with Crippen molar-refractivity contribution in [1.29, 1.82) is 0 Å². The first-order valence-electron chi connectivity index (χ1n) is 10.6. The van der Waals surface area contributed by atoms with Crippen molar-refractivity contribution in [2.45, 2.75) is 12.6 Å². The second-order valence-electron chi connectivity index (χ2n) is 7.56. The number of halogens is 3. The highest BCUT2D eigenvalue weighted by Gasteiger charge is 2.23. The maximum absolute atomic E-state index is 13.1. The summed E-state index contributed by atoms with van der Waals surface area (Å²) in [5.41, 5.74) is 1.34. The molecule has 0 heterocycles. The molecule has 2 amide bonds. The van der Waals surface area contributed by atoms with Crippen LogP contribution < -0.4 is 10.6 Å². The predicted octanol–water partition coefficient (Wildman–Crippen LogP) is 5.20. The van der Waals surface area contributed by atoms with Crippen molar-refractivity contribution in [2.75, 3.05) is 6.61 Å². The standard InChI is InChI=1S/C26H21Cl3N2O5/c27-19-9-7-18(8-10-19)24(32)30-22(13-17-6-11-20(28)21(29)12-17)25(33)31-23(26(34)35)15-36-14-16-4-2-1-3-5-16/h1-13,23H,14-15H2,(H,30,32)(H,31,33)(H,34,35)/b22-13-/t23-/m0/s1. The Hall–Kier alpha value is -3.36. The monoisotopic (exact) mass is 546 g/mol. The predicted molar refractivity (Wildman–Crippen MR) is 139 cm³/mol. The van der Waals surface area contributed by atoms with Gasteiger partial charge in [-0.1, -0.05) is 71.2 Å². The summed E-state index contributed by atoms with van der Waals surface area (Å²) in [6, 6.07) is 18.5. The van der Waals surface area contributed by atoms with Gasteiger partial charge in [0.25, 0.3) is 11.8 Å². The third-order valence-electron chi connectivity index (χ3n) is 4.85. The van der Waals surface area contributed by atoms with Crippen LogP contribution in [0.25, 0.3) is 6.08 Å². The van der Waals surface area contributed by atoms with Crippen molar-refractivity contribution < 1.29 is 24.2 Å². The van der Waals surface area contributed by atoms with Crippen LogP contribution in [0.3, 0.4) is 0 Å². The number of carbonyl (C=O) groups is 3. The molecule has 7 nitrogen and oxygen atoms in total. The summed E-state index contributed by atoms with van der Waals surface area (Å²) < 4.78 is 5.49. The van der Waals surface area contributed by atoms with Crippen LogP contribution in [0.1, 0.15) is 21.5 Å². The van der Waals surface area contributed by atoms with Gasteiger partial charge in [-0.2, -0.15) is 0 Å². The molecule has 0 aliphatic heterocycles. The Balaban J connectivity index is 1.79. The van der Waals surface area contributed by atoms with Crippen LogP contribution in [0, 0.1) is 0 Å². The fraction of sp³-hybridized carbons (Fsp3) is 0.115. The Morgan fingerprint density at radius 3 is 2.25 bits per heavy atom. The van der Waals surface area contributed by atoms with Crippen molar-refractivity contribution in [3.63, 3.8) is 0 Å². The molecule has 0 saturated carbocycles. The molecular formula is C26H21Cl3N2O5. The lowest BCUT2D eigenvalue weighted by molar-refractivity contribution is -0.143. The van der Waals surface area contributed by atoms with Gasteiger partial charge in [-0.3, -0.25) is 9.59 Å². The minimum atomic E-state index is -1.37. The first kappa shape index (κ1) is 27.2. The number of aliphatic carboxylic acids is 1. The van der Waals surface area contributed by atoms with Crippen molar-refractivity contribution in [2.24, 2.45) is 0 Å². The average Bonchev–Trinajstić information content (AvgIpc) is 2.86. The number of nitrogens with one attached hydrogen (secondary N) is 2. The van der Waals surface area contributed by atoms with Gasteiger partial charge in [0.2, 0.25) is 0 Å². The van der Waals surface area contributed by atoms with Crippen molar-refractivity contribution >= 4 is 58.7 Å². The van der Waals surface area contributed by atoms with Crippen molar-refractivity contribution in [3.8, 4) is 0 Å². The number of hydrogen-bond acceptors (Lipinski definition) is 4. The molecular weight excluding hydrogens is 527 g/mol. The van der Waals surface area contributed by atoms with E-state index in [2.05, 4.69) is 10.6 Å². The van der Waals surface area contributed by atoms with E-state index in [0.717, 1.165) is 5.56 Å². The Kier molecular flexibility index (Phi) is 9.90. The quantitative estimate of drug-likeness (QED) is 0.303. The molecule has 0 aliphatic carbocycles. The molecule has 186 valence electrons. The van der Waals surface area contributed by atoms with E-state index in [9.17, 15) is 19.5 Å². The van der Waals surface area contributed by atoms with Crippen molar-refractivity contribution in [1.82, 2.24) is 10.6 Å². The molecule has 3 aromatic carbocycles. The molecule has 0 radical (unpaired) electrons. The lowest BCUT2D eigenvalue weighted by atomic mass is 10.1. The van der Waals surface area contributed by atoms with Gasteiger partial charge in [-0.25, -0.2) is 4.79 Å². The second-order valence-corrected chi connectivity index (χ2v) is 8.81. The largest absolute Gasteiger partial charge is 0.480 e. The number of hydrogen-bond donors (Lipinski definition) is 3. The van der Waals surface area contributed by atoms with Gasteiger partial charge >= 0.3 is 5.97 Å². The van der Waals surface area contributed by atoms with Crippen molar-refractivity contribution in [3.05, 3.63) is 110 Å². The first-order chi connectivity index (χ1) is 17.2. The van der Waals surface area contributed by atoms with Crippen LogP contribution >= 0.6 is 34.8 Å². The number of carbonyl (C=O) groups excluding carboxylic acids is 2. The molecule has 1 atom stereocenters. The Morgan fingerprint density at radius 2 is 1.61 bits per heavy atom. The zero-order chi connectivity index (χ0) is 26.1. The summed E-state index contributed by atoms with van der Waals surface area (Å²) in [4.78, 5) is 37.6. The number of carboxylic acid groups (broad SMARTS) is 1. The third-order valence-corrected chi connectivity index (χ3v) is 5.84. The molecule has 10 heteroatoms. The first-order valence-corrected chi connectivity index (χ1v) is 11.8. The molecule has 0 aliphatic rings. The van der Waals surface area contributed by atoms with Gasteiger partial charge in [-0.15, -0.1) is 0 Å². The third kappa shape index (κ3) is 8.10. The highest BCUT2D eigenvalue weighted by molar-refractivity contribution is 6.42. The van der Waals surface area contributed by atoms with Crippen LogP contribution in [0.4, 0.5) is 0 Å². The van der Waals surface area contributed by atoms with Gasteiger partial charge in [0.15, 0.2) is 6.04 Å². The number of carboxylic acids is 1. The lowest BCUT2D eigenvalue weighted by Gasteiger charge is -2.17. The zero-order valence-corrected chi connectivity index (χ0v) is 21.0. The number of ether oxygens (including phenoxy) is 1. The SMILES string of the molecule is O=C(N[C@@H](COCc1ccccc1)C(=O)O)/C(=C/c1ccc(Cl)c(Cl)c1)NC(=O)c1ccc(Cl)cc1. The summed E-state index contributed by atoms with van der Waals surface area (Å²) in [5.74, 6) is -2.73. The lowest BCUT2D eigenvalue weighted by Crippen LogP contribution is -2.46. The summed E-state index contributed by atoms with van der Waals surface area (Å²) >= 11 is 17.9. The molecule has 3 rings (SSSR count). The van der Waals surface area contributed by atoms with E-state index in [1.165, 1.54) is 42.5 Å². The summed E-state index contributed by atoms with van der Waals surface area (Å²) in [5, 5.41) is 15.5.